The number of nitrogens with zero attached hydrogens (tertiary/aromatic N) is 1. The molecular formula is C13H10BrFN2O2S. The quantitative estimate of drug-likeness (QED) is 0.656. The monoisotopic (exact) mass is 356 g/mol. The van der Waals surface area contributed by atoms with Crippen LogP contribution in [-0.2, 0) is 4.74 Å². The summed E-state index contributed by atoms with van der Waals surface area (Å²) < 4.78 is 18.7. The molecule has 0 aliphatic rings. The van der Waals surface area contributed by atoms with Gasteiger partial charge in [0.05, 0.1) is 11.6 Å². The molecule has 4 nitrogen and oxygen atoms in total. The minimum absolute atomic E-state index is 0.117. The van der Waals surface area contributed by atoms with Crippen LogP contribution >= 0.6 is 28.1 Å². The lowest BCUT2D eigenvalue weighted by Gasteiger charge is -2.08. The fourth-order valence-electron chi connectivity index (χ4n) is 1.71. The van der Waals surface area contributed by atoms with E-state index in [9.17, 15) is 9.18 Å². The molecule has 1 N–H and O–H groups in total. The van der Waals surface area contributed by atoms with Gasteiger partial charge >= 0.3 is 5.97 Å². The lowest BCUT2D eigenvalue weighted by atomic mass is 10.2. The Morgan fingerprint density at radius 2 is 2.20 bits per heavy atom. The molecule has 0 aliphatic carbocycles. The summed E-state index contributed by atoms with van der Waals surface area (Å²) in [5, 5.41) is 0. The minimum Gasteiger partial charge on any atom is -0.465 e. The van der Waals surface area contributed by atoms with Gasteiger partial charge in [0, 0.05) is 11.3 Å². The molecule has 7 heteroatoms. The molecule has 0 spiro atoms. The molecule has 0 atom stereocenters. The number of esters is 1. The fraction of sp³-hybridized carbons (Fsp3) is 0.154. The van der Waals surface area contributed by atoms with Crippen molar-refractivity contribution in [3.8, 4) is 11.4 Å². The summed E-state index contributed by atoms with van der Waals surface area (Å²) in [6, 6.07) is 4.60. The number of aryl methyl sites for hydroxylation is 1. The van der Waals surface area contributed by atoms with Crippen LogP contribution in [0, 0.1) is 17.4 Å². The molecule has 0 fully saturated rings. The van der Waals surface area contributed by atoms with Gasteiger partial charge in [-0.1, -0.05) is 12.2 Å². The van der Waals surface area contributed by atoms with Crippen LogP contribution in [0.25, 0.3) is 11.4 Å². The maximum absolute atomic E-state index is 13.5. The lowest BCUT2D eigenvalue weighted by Crippen LogP contribution is -2.08. The first kappa shape index (κ1) is 14.8. The van der Waals surface area contributed by atoms with Crippen LogP contribution in [0.15, 0.2) is 22.7 Å². The Bertz CT molecular complexity index is 746. The van der Waals surface area contributed by atoms with Gasteiger partial charge in [0.15, 0.2) is 0 Å². The Morgan fingerprint density at radius 3 is 2.75 bits per heavy atom. The second-order valence-corrected chi connectivity index (χ2v) is 5.25. The number of aromatic amines is 1. The highest BCUT2D eigenvalue weighted by molar-refractivity contribution is 9.10. The van der Waals surface area contributed by atoms with Crippen LogP contribution in [0.5, 0.6) is 0 Å². The van der Waals surface area contributed by atoms with Crippen LogP contribution in [0.4, 0.5) is 4.39 Å². The Balaban J connectivity index is 2.57. The van der Waals surface area contributed by atoms with E-state index in [1.807, 2.05) is 0 Å². The van der Waals surface area contributed by atoms with E-state index in [1.54, 1.807) is 19.1 Å². The van der Waals surface area contributed by atoms with E-state index >= 15 is 0 Å². The van der Waals surface area contributed by atoms with Crippen LogP contribution in [0.3, 0.4) is 0 Å². The second-order valence-electron chi connectivity index (χ2n) is 4.01. The van der Waals surface area contributed by atoms with Crippen molar-refractivity contribution in [3.05, 3.63) is 44.4 Å². The topological polar surface area (TPSA) is 55.0 Å². The first-order chi connectivity index (χ1) is 9.43. The average molecular weight is 357 g/mol. The Morgan fingerprint density at radius 1 is 1.50 bits per heavy atom. The first-order valence-electron chi connectivity index (χ1n) is 5.58. The van der Waals surface area contributed by atoms with Gasteiger partial charge in [0.2, 0.25) is 0 Å². The van der Waals surface area contributed by atoms with Crippen molar-refractivity contribution in [2.45, 2.75) is 6.92 Å². The maximum Gasteiger partial charge on any atom is 0.342 e. The summed E-state index contributed by atoms with van der Waals surface area (Å²) in [6.45, 7) is 1.68. The summed E-state index contributed by atoms with van der Waals surface area (Å²) in [6.07, 6.45) is 0. The minimum atomic E-state index is -0.551. The molecule has 0 aliphatic heterocycles. The zero-order valence-electron chi connectivity index (χ0n) is 10.7. The third-order valence-corrected chi connectivity index (χ3v) is 3.63. The van der Waals surface area contributed by atoms with E-state index in [4.69, 9.17) is 12.2 Å². The van der Waals surface area contributed by atoms with E-state index in [0.717, 1.165) is 0 Å². The first-order valence-corrected chi connectivity index (χ1v) is 6.79. The zero-order chi connectivity index (χ0) is 14.9. The predicted molar refractivity (Wildman–Crippen MR) is 78.6 cm³/mol. The van der Waals surface area contributed by atoms with Crippen molar-refractivity contribution in [2.75, 3.05) is 7.11 Å². The van der Waals surface area contributed by atoms with Crippen molar-refractivity contribution >= 4 is 34.1 Å². The molecule has 20 heavy (non-hydrogen) atoms. The maximum atomic E-state index is 13.5. The van der Waals surface area contributed by atoms with E-state index in [0.29, 0.717) is 21.6 Å². The highest BCUT2D eigenvalue weighted by Crippen LogP contribution is 2.23. The number of hydrogen-bond acceptors (Lipinski definition) is 4. The van der Waals surface area contributed by atoms with Gasteiger partial charge in [-0.3, -0.25) is 0 Å². The standard InChI is InChI=1S/C13H10BrFN2O2S/c1-6-10(13(18)19-2)12(20)17-11(16-6)7-3-4-8(14)9(15)5-7/h3-5H,1-2H3,(H,16,17,20). The van der Waals surface area contributed by atoms with Crippen molar-refractivity contribution in [3.63, 3.8) is 0 Å². The van der Waals surface area contributed by atoms with E-state index in [-0.39, 0.29) is 10.2 Å². The Labute approximate surface area is 128 Å². The number of methoxy groups -OCH3 is 1. The van der Waals surface area contributed by atoms with Gasteiger partial charge in [0.25, 0.3) is 0 Å². The fourth-order valence-corrected chi connectivity index (χ4v) is 2.28. The highest BCUT2D eigenvalue weighted by atomic mass is 79.9. The summed E-state index contributed by atoms with van der Waals surface area (Å²) in [5.41, 5.74) is 1.27. The third kappa shape index (κ3) is 2.78. The van der Waals surface area contributed by atoms with E-state index < -0.39 is 11.8 Å². The number of rotatable bonds is 2. The number of hydrogen-bond donors (Lipinski definition) is 1. The molecule has 1 aromatic carbocycles. The van der Waals surface area contributed by atoms with Crippen LogP contribution in [0.1, 0.15) is 16.1 Å². The number of carbonyl (C=O) groups is 1. The summed E-state index contributed by atoms with van der Waals surface area (Å²) in [4.78, 5) is 18.6. The molecule has 1 heterocycles. The number of ether oxygens (including phenoxy) is 1. The van der Waals surface area contributed by atoms with E-state index in [1.165, 1.54) is 13.2 Å². The summed E-state index contributed by atoms with van der Waals surface area (Å²) >= 11 is 8.18. The van der Waals surface area contributed by atoms with Crippen LogP contribution in [-0.4, -0.2) is 23.0 Å². The molecule has 0 saturated heterocycles. The molecule has 0 unspecified atom stereocenters. The normalized spacial score (nSPS) is 10.4. The van der Waals surface area contributed by atoms with Crippen molar-refractivity contribution in [1.29, 1.82) is 0 Å². The molecule has 0 saturated carbocycles. The summed E-state index contributed by atoms with van der Waals surface area (Å²) in [5.74, 6) is -0.561. The molecular weight excluding hydrogens is 347 g/mol. The van der Waals surface area contributed by atoms with Gasteiger partial charge in [0.1, 0.15) is 21.8 Å². The number of H-pyrrole nitrogens is 1. The predicted octanol–water partition coefficient (Wildman–Crippen LogP) is 3.80. The number of benzene rings is 1. The van der Waals surface area contributed by atoms with Gasteiger partial charge in [-0.05, 0) is 41.1 Å². The van der Waals surface area contributed by atoms with Crippen molar-refractivity contribution in [1.82, 2.24) is 9.97 Å². The van der Waals surface area contributed by atoms with Gasteiger partial charge in [-0.15, -0.1) is 0 Å². The van der Waals surface area contributed by atoms with Crippen LogP contribution in [0.2, 0.25) is 0 Å². The average Bonchev–Trinajstić information content (AvgIpc) is 2.40. The second kappa shape index (κ2) is 5.80. The van der Waals surface area contributed by atoms with Gasteiger partial charge in [-0.25, -0.2) is 14.2 Å². The molecule has 0 amide bonds. The zero-order valence-corrected chi connectivity index (χ0v) is 13.1. The number of aromatic nitrogens is 2. The lowest BCUT2D eigenvalue weighted by molar-refractivity contribution is 0.0598. The largest absolute Gasteiger partial charge is 0.465 e. The molecule has 0 radical (unpaired) electrons. The van der Waals surface area contributed by atoms with Crippen molar-refractivity contribution in [2.24, 2.45) is 0 Å². The molecule has 0 bridgehead atoms. The number of nitrogens with one attached hydrogen (secondary N) is 1. The third-order valence-electron chi connectivity index (χ3n) is 2.69. The summed E-state index contributed by atoms with van der Waals surface area (Å²) in [7, 11) is 1.27. The number of halogens is 2. The van der Waals surface area contributed by atoms with E-state index in [2.05, 4.69) is 30.6 Å². The Kier molecular flexibility index (Phi) is 4.29. The molecule has 2 rings (SSSR count). The molecule has 1 aromatic heterocycles. The molecule has 104 valence electrons. The molecule has 2 aromatic rings. The smallest absolute Gasteiger partial charge is 0.342 e. The van der Waals surface area contributed by atoms with Gasteiger partial charge < -0.3 is 9.72 Å². The number of carbonyl (C=O) groups excluding carboxylic acids is 1. The van der Waals surface area contributed by atoms with Crippen molar-refractivity contribution < 1.29 is 13.9 Å². The SMILES string of the molecule is COC(=O)c1c(C)[nH]c(-c2ccc(Br)c(F)c2)nc1=S. The van der Waals surface area contributed by atoms with Gasteiger partial charge in [-0.2, -0.15) is 0 Å². The highest BCUT2D eigenvalue weighted by Gasteiger charge is 2.15. The van der Waals surface area contributed by atoms with Crippen LogP contribution < -0.4 is 0 Å². The Hall–Kier alpha value is -1.60.